The van der Waals surface area contributed by atoms with Crippen molar-refractivity contribution in [3.8, 4) is 0 Å². The quantitative estimate of drug-likeness (QED) is 0.733. The summed E-state index contributed by atoms with van der Waals surface area (Å²) < 4.78 is 37.5. The molecular weight excluding hydrogens is 395 g/mol. The standard InChI is InChI=1S/C15H23N5O2.C2HF3O2/c1-18(2)14(21)20-8-9-22-12-15(11-20)4-7-19(10-15)13-16-5-3-6-17-13;3-2(4,5)1(6)7/h3,5-6H,4,7-12H2,1-2H3;(H,6,7). The molecule has 2 fully saturated rings. The van der Waals surface area contributed by atoms with E-state index in [4.69, 9.17) is 14.6 Å². The predicted molar refractivity (Wildman–Crippen MR) is 96.5 cm³/mol. The second kappa shape index (κ2) is 9.25. The Labute approximate surface area is 166 Å². The maximum Gasteiger partial charge on any atom is 0.490 e. The number of aliphatic carboxylic acids is 1. The first-order valence-corrected chi connectivity index (χ1v) is 8.90. The number of rotatable bonds is 1. The minimum Gasteiger partial charge on any atom is -0.475 e. The van der Waals surface area contributed by atoms with Crippen LogP contribution in [-0.4, -0.2) is 96.5 Å². The van der Waals surface area contributed by atoms with E-state index in [0.29, 0.717) is 19.8 Å². The molecule has 0 aliphatic carbocycles. The van der Waals surface area contributed by atoms with Gasteiger partial charge in [0.1, 0.15) is 0 Å². The second-order valence-corrected chi connectivity index (χ2v) is 7.17. The molecule has 1 spiro atoms. The third kappa shape index (κ3) is 6.17. The van der Waals surface area contributed by atoms with Crippen LogP contribution in [-0.2, 0) is 9.53 Å². The number of carboxylic acids is 1. The van der Waals surface area contributed by atoms with Crippen LogP contribution in [0.2, 0.25) is 0 Å². The van der Waals surface area contributed by atoms with Crippen molar-refractivity contribution in [2.45, 2.75) is 12.6 Å². The molecule has 1 atom stereocenters. The average molecular weight is 419 g/mol. The van der Waals surface area contributed by atoms with E-state index in [0.717, 1.165) is 32.0 Å². The van der Waals surface area contributed by atoms with Crippen LogP contribution in [0.1, 0.15) is 6.42 Å². The summed E-state index contributed by atoms with van der Waals surface area (Å²) in [6.07, 6.45) is -0.569. The molecule has 2 saturated heterocycles. The number of alkyl halides is 3. The zero-order valence-corrected chi connectivity index (χ0v) is 16.2. The summed E-state index contributed by atoms with van der Waals surface area (Å²) in [7, 11) is 3.58. The molecule has 0 radical (unpaired) electrons. The van der Waals surface area contributed by atoms with Gasteiger partial charge >= 0.3 is 18.2 Å². The predicted octanol–water partition coefficient (Wildman–Crippen LogP) is 1.32. The maximum atomic E-state index is 12.3. The molecule has 162 valence electrons. The van der Waals surface area contributed by atoms with E-state index >= 15 is 0 Å². The lowest BCUT2D eigenvalue weighted by atomic mass is 9.87. The van der Waals surface area contributed by atoms with Crippen molar-refractivity contribution in [1.82, 2.24) is 19.8 Å². The highest BCUT2D eigenvalue weighted by Gasteiger charge is 2.43. The van der Waals surface area contributed by atoms with Gasteiger partial charge in [0, 0.05) is 58.1 Å². The Morgan fingerprint density at radius 3 is 2.38 bits per heavy atom. The third-order valence-corrected chi connectivity index (χ3v) is 4.61. The van der Waals surface area contributed by atoms with Crippen LogP contribution < -0.4 is 4.90 Å². The number of amides is 2. The number of hydrogen-bond donors (Lipinski definition) is 1. The first-order chi connectivity index (χ1) is 13.5. The molecule has 3 heterocycles. The summed E-state index contributed by atoms with van der Waals surface area (Å²) >= 11 is 0. The van der Waals surface area contributed by atoms with Crippen molar-refractivity contribution >= 4 is 17.9 Å². The van der Waals surface area contributed by atoms with Crippen LogP contribution in [0.25, 0.3) is 0 Å². The lowest BCUT2D eigenvalue weighted by Crippen LogP contribution is -2.47. The van der Waals surface area contributed by atoms with Crippen LogP contribution in [0, 0.1) is 5.41 Å². The molecule has 3 rings (SSSR count). The number of carbonyl (C=O) groups excluding carboxylic acids is 1. The Morgan fingerprint density at radius 2 is 1.83 bits per heavy atom. The van der Waals surface area contributed by atoms with Gasteiger partial charge in [0.25, 0.3) is 0 Å². The van der Waals surface area contributed by atoms with Gasteiger partial charge in [-0.3, -0.25) is 0 Å². The first kappa shape index (κ1) is 22.7. The van der Waals surface area contributed by atoms with E-state index in [2.05, 4.69) is 14.9 Å². The number of ether oxygens (including phenoxy) is 1. The minimum absolute atomic E-state index is 0.0264. The summed E-state index contributed by atoms with van der Waals surface area (Å²) in [5, 5.41) is 7.12. The molecule has 9 nitrogen and oxygen atoms in total. The van der Waals surface area contributed by atoms with E-state index in [1.807, 2.05) is 11.0 Å². The number of nitrogens with zero attached hydrogens (tertiary/aromatic N) is 5. The number of anilines is 1. The molecule has 1 N–H and O–H groups in total. The van der Waals surface area contributed by atoms with E-state index in [1.54, 1.807) is 31.4 Å². The Bertz CT molecular complexity index is 704. The maximum absolute atomic E-state index is 12.3. The number of carboxylic acid groups (broad SMARTS) is 1. The highest BCUT2D eigenvalue weighted by Crippen LogP contribution is 2.35. The van der Waals surface area contributed by atoms with E-state index in [1.165, 1.54) is 0 Å². The van der Waals surface area contributed by atoms with Gasteiger partial charge in [0.15, 0.2) is 0 Å². The van der Waals surface area contributed by atoms with E-state index in [9.17, 15) is 18.0 Å². The van der Waals surface area contributed by atoms with Crippen molar-refractivity contribution in [3.63, 3.8) is 0 Å². The fourth-order valence-electron chi connectivity index (χ4n) is 3.25. The van der Waals surface area contributed by atoms with Gasteiger partial charge in [-0.1, -0.05) is 0 Å². The molecule has 12 heteroatoms. The fraction of sp³-hybridized carbons (Fsp3) is 0.647. The molecule has 2 amide bonds. The van der Waals surface area contributed by atoms with E-state index < -0.39 is 12.1 Å². The number of aromatic nitrogens is 2. The zero-order valence-electron chi connectivity index (χ0n) is 16.2. The minimum atomic E-state index is -5.08. The van der Waals surface area contributed by atoms with Gasteiger partial charge in [-0.15, -0.1) is 0 Å². The van der Waals surface area contributed by atoms with Gasteiger partial charge in [0.05, 0.1) is 13.2 Å². The normalized spacial score (nSPS) is 22.0. The number of carbonyl (C=O) groups is 2. The molecule has 1 unspecified atom stereocenters. The smallest absolute Gasteiger partial charge is 0.475 e. The van der Waals surface area contributed by atoms with Crippen molar-refractivity contribution < 1.29 is 32.6 Å². The number of halogens is 3. The summed E-state index contributed by atoms with van der Waals surface area (Å²) in [6, 6.07) is 1.88. The highest BCUT2D eigenvalue weighted by atomic mass is 19.4. The molecule has 2 aliphatic heterocycles. The number of urea groups is 1. The molecule has 0 bridgehead atoms. The molecule has 1 aromatic rings. The second-order valence-electron chi connectivity index (χ2n) is 7.17. The van der Waals surface area contributed by atoms with Crippen molar-refractivity contribution in [2.24, 2.45) is 5.41 Å². The Kier molecular flexibility index (Phi) is 7.22. The first-order valence-electron chi connectivity index (χ1n) is 8.90. The fourth-order valence-corrected chi connectivity index (χ4v) is 3.25. The lowest BCUT2D eigenvalue weighted by molar-refractivity contribution is -0.192. The summed E-state index contributed by atoms with van der Waals surface area (Å²) in [4.78, 5) is 35.6. The largest absolute Gasteiger partial charge is 0.490 e. The van der Waals surface area contributed by atoms with Gasteiger partial charge in [-0.2, -0.15) is 13.2 Å². The van der Waals surface area contributed by atoms with Crippen molar-refractivity contribution in [2.75, 3.05) is 58.4 Å². The SMILES string of the molecule is CN(C)C(=O)N1CCOCC2(CCN(c3ncccn3)C2)C1.O=C(O)C(F)(F)F. The van der Waals surface area contributed by atoms with Gasteiger partial charge < -0.3 is 24.5 Å². The number of hydrogen-bond acceptors (Lipinski definition) is 6. The summed E-state index contributed by atoms with van der Waals surface area (Å²) in [5.41, 5.74) is -0.0264. The zero-order chi connectivity index (χ0) is 21.7. The van der Waals surface area contributed by atoms with E-state index in [-0.39, 0.29) is 11.4 Å². The van der Waals surface area contributed by atoms with Crippen LogP contribution in [0.3, 0.4) is 0 Å². The van der Waals surface area contributed by atoms with Crippen LogP contribution >= 0.6 is 0 Å². The van der Waals surface area contributed by atoms with Crippen LogP contribution in [0.4, 0.5) is 23.9 Å². The molecule has 2 aliphatic rings. The van der Waals surface area contributed by atoms with Gasteiger partial charge in [0.2, 0.25) is 5.95 Å². The van der Waals surface area contributed by atoms with Gasteiger partial charge in [-0.05, 0) is 12.5 Å². The average Bonchev–Trinajstić information content (AvgIpc) is 2.96. The summed E-state index contributed by atoms with van der Waals surface area (Å²) in [5.74, 6) is -2.00. The molecule has 1 aromatic heterocycles. The molecule has 0 saturated carbocycles. The highest BCUT2D eigenvalue weighted by molar-refractivity contribution is 5.74. The van der Waals surface area contributed by atoms with Crippen molar-refractivity contribution in [1.29, 1.82) is 0 Å². The summed E-state index contributed by atoms with van der Waals surface area (Å²) in [6.45, 7) is 4.40. The topological polar surface area (TPSA) is 99.1 Å². The monoisotopic (exact) mass is 419 g/mol. The van der Waals surface area contributed by atoms with Crippen LogP contribution in [0.15, 0.2) is 18.5 Å². The third-order valence-electron chi connectivity index (χ3n) is 4.61. The lowest BCUT2D eigenvalue weighted by Gasteiger charge is -2.33. The molecule has 0 aromatic carbocycles. The van der Waals surface area contributed by atoms with Crippen LogP contribution in [0.5, 0.6) is 0 Å². The van der Waals surface area contributed by atoms with Crippen molar-refractivity contribution in [3.05, 3.63) is 18.5 Å². The Morgan fingerprint density at radius 1 is 1.21 bits per heavy atom. The Balaban J connectivity index is 0.000000370. The molecular formula is C17H24F3N5O4. The molecule has 29 heavy (non-hydrogen) atoms. The van der Waals surface area contributed by atoms with Gasteiger partial charge in [-0.25, -0.2) is 19.6 Å². The Hall–Kier alpha value is -2.63.